The van der Waals surface area contributed by atoms with Crippen molar-refractivity contribution in [1.29, 1.82) is 0 Å². The normalized spacial score (nSPS) is 10.8. The Balaban J connectivity index is 1.48. The van der Waals surface area contributed by atoms with Gasteiger partial charge in [-0.3, -0.25) is 4.79 Å². The first-order chi connectivity index (χ1) is 15.6. The average Bonchev–Trinajstić information content (AvgIpc) is 3.29. The summed E-state index contributed by atoms with van der Waals surface area (Å²) in [6.07, 6.45) is 1.49. The fourth-order valence-corrected chi connectivity index (χ4v) is 5.29. The lowest BCUT2D eigenvalue weighted by atomic mass is 10.2. The van der Waals surface area contributed by atoms with Crippen molar-refractivity contribution in [3.05, 3.63) is 53.6 Å². The summed E-state index contributed by atoms with van der Waals surface area (Å²) in [6.45, 7) is 0. The van der Waals surface area contributed by atoms with Crippen molar-refractivity contribution in [2.75, 3.05) is 27.1 Å². The van der Waals surface area contributed by atoms with Gasteiger partial charge < -0.3 is 14.2 Å². The summed E-state index contributed by atoms with van der Waals surface area (Å²) in [4.78, 5) is 12.1. The van der Waals surface area contributed by atoms with Crippen LogP contribution < -0.4 is 19.6 Å². The summed E-state index contributed by atoms with van der Waals surface area (Å²) < 4.78 is 17.5. The van der Waals surface area contributed by atoms with E-state index in [0.717, 1.165) is 14.4 Å². The van der Waals surface area contributed by atoms with Crippen LogP contribution >= 0.6 is 34.9 Å². The molecule has 0 bridgehead atoms. The lowest BCUT2D eigenvalue weighted by molar-refractivity contribution is -0.118. The molecule has 11 heteroatoms. The molecule has 0 saturated carbocycles. The minimum atomic E-state index is -0.251. The molecule has 0 aliphatic rings. The van der Waals surface area contributed by atoms with E-state index in [1.807, 2.05) is 18.2 Å². The molecule has 0 aliphatic carbocycles. The van der Waals surface area contributed by atoms with Gasteiger partial charge in [0.15, 0.2) is 20.2 Å². The van der Waals surface area contributed by atoms with Crippen LogP contribution in [0.15, 0.2) is 56.2 Å². The van der Waals surface area contributed by atoms with Crippen LogP contribution in [-0.4, -0.2) is 49.4 Å². The zero-order chi connectivity index (χ0) is 22.8. The molecule has 8 nitrogen and oxygen atoms in total. The lowest BCUT2D eigenvalue weighted by Gasteiger charge is -2.11. The Morgan fingerprint density at radius 2 is 1.66 bits per heavy atom. The number of aromatic nitrogens is 2. The van der Waals surface area contributed by atoms with Gasteiger partial charge >= 0.3 is 0 Å². The zero-order valence-electron chi connectivity index (χ0n) is 17.7. The van der Waals surface area contributed by atoms with E-state index >= 15 is 0 Å². The Labute approximate surface area is 198 Å². The molecule has 0 atom stereocenters. The third-order valence-corrected chi connectivity index (χ3v) is 7.31. The summed E-state index contributed by atoms with van der Waals surface area (Å²) in [6, 6.07) is 13.6. The van der Waals surface area contributed by atoms with Crippen LogP contribution in [0.25, 0.3) is 0 Å². The second kappa shape index (κ2) is 12.3. The van der Waals surface area contributed by atoms with Crippen molar-refractivity contribution in [2.24, 2.45) is 5.10 Å². The van der Waals surface area contributed by atoms with Gasteiger partial charge in [-0.1, -0.05) is 65.2 Å². The molecule has 1 N–H and O–H groups in total. The SMILES string of the molecule is COc1cc(OC)c(OC)cc1/C=N/NC(=O)CSc1nnc(SCc2ccccc2)s1. The number of nitrogens with zero attached hydrogens (tertiary/aromatic N) is 3. The first-order valence-electron chi connectivity index (χ1n) is 9.38. The van der Waals surface area contributed by atoms with Crippen molar-refractivity contribution in [3.63, 3.8) is 0 Å². The predicted molar refractivity (Wildman–Crippen MR) is 128 cm³/mol. The molecular weight excluding hydrogens is 468 g/mol. The van der Waals surface area contributed by atoms with Gasteiger partial charge in [0.05, 0.1) is 33.3 Å². The number of hydrogen-bond acceptors (Lipinski definition) is 10. The van der Waals surface area contributed by atoms with E-state index in [2.05, 4.69) is 32.9 Å². The number of benzene rings is 2. The van der Waals surface area contributed by atoms with Crippen LogP contribution in [0.4, 0.5) is 0 Å². The van der Waals surface area contributed by atoms with E-state index in [1.165, 1.54) is 34.9 Å². The number of rotatable bonds is 11. The van der Waals surface area contributed by atoms with Crippen LogP contribution in [0, 0.1) is 0 Å². The molecule has 3 rings (SSSR count). The molecule has 3 aromatic rings. The summed E-state index contributed by atoms with van der Waals surface area (Å²) in [5.74, 6) is 2.38. The molecular formula is C21H22N4O4S3. The van der Waals surface area contributed by atoms with Crippen LogP contribution in [0.5, 0.6) is 17.2 Å². The fourth-order valence-electron chi connectivity index (χ4n) is 2.52. The highest BCUT2D eigenvalue weighted by Crippen LogP contribution is 2.34. The minimum absolute atomic E-state index is 0.179. The largest absolute Gasteiger partial charge is 0.496 e. The van der Waals surface area contributed by atoms with Crippen molar-refractivity contribution >= 4 is 47.0 Å². The molecule has 32 heavy (non-hydrogen) atoms. The van der Waals surface area contributed by atoms with E-state index in [9.17, 15) is 4.79 Å². The first kappa shape index (κ1) is 23.9. The number of ether oxygens (including phenoxy) is 3. The summed E-state index contributed by atoms with van der Waals surface area (Å²) >= 11 is 4.42. The fraction of sp³-hybridized carbons (Fsp3) is 0.238. The molecule has 0 saturated heterocycles. The third kappa shape index (κ3) is 6.87. The number of hydrazone groups is 1. The molecule has 0 aliphatic heterocycles. The highest BCUT2D eigenvalue weighted by Gasteiger charge is 2.11. The van der Waals surface area contributed by atoms with E-state index in [0.29, 0.717) is 22.8 Å². The summed E-state index contributed by atoms with van der Waals surface area (Å²) in [7, 11) is 4.64. The molecule has 0 spiro atoms. The molecule has 0 unspecified atom stereocenters. The molecule has 1 aromatic heterocycles. The quantitative estimate of drug-likeness (QED) is 0.244. The van der Waals surface area contributed by atoms with Crippen molar-refractivity contribution in [2.45, 2.75) is 14.4 Å². The van der Waals surface area contributed by atoms with E-state index in [-0.39, 0.29) is 11.7 Å². The number of carbonyl (C=O) groups excluding carboxylic acids is 1. The van der Waals surface area contributed by atoms with Gasteiger partial charge in [-0.2, -0.15) is 5.10 Å². The predicted octanol–water partition coefficient (Wildman–Crippen LogP) is 4.10. The molecule has 0 radical (unpaired) electrons. The number of hydrogen-bond donors (Lipinski definition) is 1. The van der Waals surface area contributed by atoms with Gasteiger partial charge in [0.25, 0.3) is 5.91 Å². The number of carbonyl (C=O) groups is 1. The van der Waals surface area contributed by atoms with Gasteiger partial charge in [-0.05, 0) is 11.6 Å². The van der Waals surface area contributed by atoms with E-state index < -0.39 is 0 Å². The van der Waals surface area contributed by atoms with Gasteiger partial charge in [0, 0.05) is 17.4 Å². The van der Waals surface area contributed by atoms with Gasteiger partial charge in [-0.25, -0.2) is 5.43 Å². The maximum absolute atomic E-state index is 12.1. The van der Waals surface area contributed by atoms with Crippen LogP contribution in [0.2, 0.25) is 0 Å². The molecule has 1 amide bonds. The van der Waals surface area contributed by atoms with E-state index in [4.69, 9.17) is 14.2 Å². The van der Waals surface area contributed by atoms with Gasteiger partial charge in [-0.15, -0.1) is 10.2 Å². The lowest BCUT2D eigenvalue weighted by Crippen LogP contribution is -2.19. The zero-order valence-corrected chi connectivity index (χ0v) is 20.2. The van der Waals surface area contributed by atoms with Crippen LogP contribution in [0.1, 0.15) is 11.1 Å². The summed E-state index contributed by atoms with van der Waals surface area (Å²) in [5, 5.41) is 12.3. The smallest absolute Gasteiger partial charge is 0.250 e. The Bertz CT molecular complexity index is 1060. The van der Waals surface area contributed by atoms with Gasteiger partial charge in [0.2, 0.25) is 0 Å². The molecule has 168 valence electrons. The maximum Gasteiger partial charge on any atom is 0.250 e. The monoisotopic (exact) mass is 490 g/mol. The molecule has 2 aromatic carbocycles. The third-order valence-electron chi connectivity index (χ3n) is 4.05. The number of methoxy groups -OCH3 is 3. The van der Waals surface area contributed by atoms with Crippen molar-refractivity contribution < 1.29 is 19.0 Å². The number of thioether (sulfide) groups is 2. The molecule has 1 heterocycles. The Hall–Kier alpha value is -2.76. The number of amides is 1. The topological polar surface area (TPSA) is 94.9 Å². The second-order valence-electron chi connectivity index (χ2n) is 6.14. The summed E-state index contributed by atoms with van der Waals surface area (Å²) in [5.41, 5.74) is 4.37. The van der Waals surface area contributed by atoms with Crippen LogP contribution in [-0.2, 0) is 10.5 Å². The number of nitrogens with one attached hydrogen (secondary N) is 1. The molecule has 0 fully saturated rings. The Morgan fingerprint density at radius 3 is 2.34 bits per heavy atom. The first-order valence-corrected chi connectivity index (χ1v) is 12.2. The second-order valence-corrected chi connectivity index (χ2v) is 9.56. The highest BCUT2D eigenvalue weighted by atomic mass is 32.2. The van der Waals surface area contributed by atoms with Crippen molar-refractivity contribution in [1.82, 2.24) is 15.6 Å². The van der Waals surface area contributed by atoms with Crippen LogP contribution in [0.3, 0.4) is 0 Å². The standard InChI is InChI=1S/C21H22N4O4S3/c1-27-16-10-18(29-3)17(28-2)9-15(16)11-22-23-19(26)13-31-21-25-24-20(32-21)30-12-14-7-5-4-6-8-14/h4-11H,12-13H2,1-3H3,(H,23,26)/b22-11+. The average molecular weight is 491 g/mol. The van der Waals surface area contributed by atoms with E-state index in [1.54, 1.807) is 45.2 Å². The van der Waals surface area contributed by atoms with Crippen molar-refractivity contribution in [3.8, 4) is 17.2 Å². The highest BCUT2D eigenvalue weighted by molar-refractivity contribution is 8.03. The minimum Gasteiger partial charge on any atom is -0.496 e. The van der Waals surface area contributed by atoms with Gasteiger partial charge in [0.1, 0.15) is 5.75 Å². The Kier molecular flexibility index (Phi) is 9.20. The maximum atomic E-state index is 12.1. The Morgan fingerprint density at radius 1 is 1.00 bits per heavy atom.